The van der Waals surface area contributed by atoms with Crippen LogP contribution in [0.5, 0.6) is 17.2 Å². The number of methoxy groups -OCH3 is 2. The Labute approximate surface area is 165 Å². The highest BCUT2D eigenvalue weighted by molar-refractivity contribution is 6.00. The molecule has 0 unspecified atom stereocenters. The van der Waals surface area contributed by atoms with Crippen molar-refractivity contribution < 1.29 is 14.2 Å². The lowest BCUT2D eigenvalue weighted by molar-refractivity contribution is 0.308. The fraction of sp³-hybridized carbons (Fsp3) is 0.120. The zero-order chi connectivity index (χ0) is 19.3. The maximum atomic E-state index is 6.25. The van der Waals surface area contributed by atoms with Crippen molar-refractivity contribution in [2.24, 2.45) is 0 Å². The zero-order valence-corrected chi connectivity index (χ0v) is 16.0. The van der Waals surface area contributed by atoms with Gasteiger partial charge in [-0.1, -0.05) is 60.7 Å². The van der Waals surface area contributed by atoms with Crippen molar-refractivity contribution in [1.82, 2.24) is 0 Å². The molecule has 0 heterocycles. The van der Waals surface area contributed by atoms with Crippen LogP contribution in [0.15, 0.2) is 84.9 Å². The molecule has 0 atom stereocenters. The minimum atomic E-state index is 0.507. The van der Waals surface area contributed by atoms with E-state index in [9.17, 15) is 0 Å². The topological polar surface area (TPSA) is 27.7 Å². The van der Waals surface area contributed by atoms with E-state index in [-0.39, 0.29) is 0 Å². The minimum Gasteiger partial charge on any atom is -0.497 e. The third-order valence-electron chi connectivity index (χ3n) is 4.77. The highest BCUT2D eigenvalue weighted by Crippen LogP contribution is 2.40. The van der Waals surface area contributed by atoms with Gasteiger partial charge in [0.2, 0.25) is 0 Å². The molecule has 0 amide bonds. The van der Waals surface area contributed by atoms with Crippen molar-refractivity contribution in [2.45, 2.75) is 6.61 Å². The van der Waals surface area contributed by atoms with Crippen LogP contribution in [0, 0.1) is 0 Å². The van der Waals surface area contributed by atoms with Crippen LogP contribution in [-0.2, 0) is 6.61 Å². The van der Waals surface area contributed by atoms with Gasteiger partial charge < -0.3 is 14.2 Å². The maximum absolute atomic E-state index is 6.25. The van der Waals surface area contributed by atoms with Crippen LogP contribution in [-0.4, -0.2) is 14.2 Å². The fourth-order valence-electron chi connectivity index (χ4n) is 3.36. The van der Waals surface area contributed by atoms with E-state index in [2.05, 4.69) is 30.3 Å². The molecule has 0 aliphatic heterocycles. The predicted octanol–water partition coefficient (Wildman–Crippen LogP) is 6.10. The van der Waals surface area contributed by atoms with Crippen LogP contribution < -0.4 is 14.2 Å². The van der Waals surface area contributed by atoms with E-state index in [1.54, 1.807) is 14.2 Å². The molecule has 3 heteroatoms. The molecule has 0 fully saturated rings. The normalized spacial score (nSPS) is 10.6. The Morgan fingerprint density at radius 2 is 1.36 bits per heavy atom. The zero-order valence-electron chi connectivity index (χ0n) is 16.0. The van der Waals surface area contributed by atoms with Crippen molar-refractivity contribution in [3.8, 4) is 28.4 Å². The third-order valence-corrected chi connectivity index (χ3v) is 4.77. The summed E-state index contributed by atoms with van der Waals surface area (Å²) in [6.45, 7) is 0.507. The van der Waals surface area contributed by atoms with Crippen LogP contribution in [0.25, 0.3) is 21.9 Å². The Balaban J connectivity index is 1.85. The van der Waals surface area contributed by atoms with Gasteiger partial charge in [-0.3, -0.25) is 0 Å². The molecule has 140 valence electrons. The van der Waals surface area contributed by atoms with Crippen LogP contribution >= 0.6 is 0 Å². The van der Waals surface area contributed by atoms with Crippen LogP contribution in [0.4, 0.5) is 0 Å². The molecule has 0 aromatic heterocycles. The minimum absolute atomic E-state index is 0.507. The first-order valence-electron chi connectivity index (χ1n) is 9.20. The number of fused-ring (bicyclic) bond motifs is 1. The number of benzene rings is 4. The Morgan fingerprint density at radius 1 is 0.679 bits per heavy atom. The lowest BCUT2D eigenvalue weighted by atomic mass is 9.96. The van der Waals surface area contributed by atoms with E-state index < -0.39 is 0 Å². The quantitative estimate of drug-likeness (QED) is 0.410. The molecule has 0 saturated heterocycles. The molecular weight excluding hydrogens is 348 g/mol. The molecule has 0 saturated carbocycles. The summed E-state index contributed by atoms with van der Waals surface area (Å²) in [4.78, 5) is 0. The number of hydrogen-bond donors (Lipinski definition) is 0. The Hall–Kier alpha value is -3.46. The van der Waals surface area contributed by atoms with Gasteiger partial charge in [0.05, 0.1) is 14.2 Å². The number of ether oxygens (including phenoxy) is 3. The van der Waals surface area contributed by atoms with Crippen LogP contribution in [0.1, 0.15) is 5.56 Å². The molecule has 4 rings (SSSR count). The fourth-order valence-corrected chi connectivity index (χ4v) is 3.36. The molecule has 0 radical (unpaired) electrons. The standard InChI is InChI=1S/C25H22O3/c1-26-21-14-20(15-22(16-21)27-2)25-23-11-7-6-10-19(23)12-13-24(25)28-17-18-8-4-3-5-9-18/h3-16H,17H2,1-2H3. The first-order valence-corrected chi connectivity index (χ1v) is 9.20. The van der Waals surface area contributed by atoms with Gasteiger partial charge in [0, 0.05) is 11.6 Å². The lowest BCUT2D eigenvalue weighted by Crippen LogP contribution is -1.98. The van der Waals surface area contributed by atoms with E-state index in [4.69, 9.17) is 14.2 Å². The van der Waals surface area contributed by atoms with Gasteiger partial charge in [-0.25, -0.2) is 0 Å². The highest BCUT2D eigenvalue weighted by Gasteiger charge is 2.14. The Morgan fingerprint density at radius 3 is 2.07 bits per heavy atom. The summed E-state index contributed by atoms with van der Waals surface area (Å²) in [5, 5.41) is 2.29. The third kappa shape index (κ3) is 3.65. The average Bonchev–Trinajstić information content (AvgIpc) is 2.77. The highest BCUT2D eigenvalue weighted by atomic mass is 16.5. The van der Waals surface area contributed by atoms with E-state index in [1.807, 2.05) is 54.6 Å². The molecule has 0 N–H and O–H groups in total. The van der Waals surface area contributed by atoms with Crippen molar-refractivity contribution in [3.63, 3.8) is 0 Å². The average molecular weight is 370 g/mol. The van der Waals surface area contributed by atoms with Crippen molar-refractivity contribution in [1.29, 1.82) is 0 Å². The molecule has 0 bridgehead atoms. The van der Waals surface area contributed by atoms with E-state index in [1.165, 1.54) is 0 Å². The van der Waals surface area contributed by atoms with E-state index in [0.29, 0.717) is 6.61 Å². The summed E-state index contributed by atoms with van der Waals surface area (Å²) >= 11 is 0. The second-order valence-electron chi connectivity index (χ2n) is 6.54. The maximum Gasteiger partial charge on any atom is 0.128 e. The van der Waals surface area contributed by atoms with Crippen molar-refractivity contribution in [2.75, 3.05) is 14.2 Å². The summed E-state index contributed by atoms with van der Waals surface area (Å²) in [7, 11) is 3.32. The van der Waals surface area contributed by atoms with Crippen molar-refractivity contribution in [3.05, 3.63) is 90.5 Å². The molecule has 4 aromatic carbocycles. The molecule has 28 heavy (non-hydrogen) atoms. The van der Waals surface area contributed by atoms with Crippen molar-refractivity contribution >= 4 is 10.8 Å². The summed E-state index contributed by atoms with van der Waals surface area (Å²) in [5.41, 5.74) is 3.16. The smallest absolute Gasteiger partial charge is 0.128 e. The summed E-state index contributed by atoms with van der Waals surface area (Å²) in [6, 6.07) is 28.5. The molecular formula is C25H22O3. The van der Waals surface area contributed by atoms with Gasteiger partial charge in [0.25, 0.3) is 0 Å². The van der Waals surface area contributed by atoms with E-state index in [0.717, 1.165) is 44.7 Å². The van der Waals surface area contributed by atoms with Gasteiger partial charge in [0.1, 0.15) is 23.9 Å². The Kier molecular flexibility index (Phi) is 5.16. The predicted molar refractivity (Wildman–Crippen MR) is 113 cm³/mol. The monoisotopic (exact) mass is 370 g/mol. The van der Waals surface area contributed by atoms with Gasteiger partial charge >= 0.3 is 0 Å². The SMILES string of the molecule is COc1cc(OC)cc(-c2c(OCc3ccccc3)ccc3ccccc23)c1. The molecule has 0 aliphatic rings. The van der Waals surface area contributed by atoms with Gasteiger partial charge in [-0.05, 0) is 40.1 Å². The summed E-state index contributed by atoms with van der Waals surface area (Å²) in [6.07, 6.45) is 0. The lowest BCUT2D eigenvalue weighted by Gasteiger charge is -2.16. The van der Waals surface area contributed by atoms with Crippen LogP contribution in [0.3, 0.4) is 0 Å². The molecule has 0 aliphatic carbocycles. The summed E-state index contributed by atoms with van der Waals surface area (Å²) < 4.78 is 17.2. The Bertz CT molecular complexity index is 1070. The first kappa shape index (κ1) is 17.9. The molecule has 4 aromatic rings. The molecule has 3 nitrogen and oxygen atoms in total. The second-order valence-corrected chi connectivity index (χ2v) is 6.54. The molecule has 0 spiro atoms. The van der Waals surface area contributed by atoms with Crippen LogP contribution in [0.2, 0.25) is 0 Å². The van der Waals surface area contributed by atoms with Gasteiger partial charge in [-0.15, -0.1) is 0 Å². The van der Waals surface area contributed by atoms with Gasteiger partial charge in [-0.2, -0.15) is 0 Å². The number of rotatable bonds is 6. The van der Waals surface area contributed by atoms with Gasteiger partial charge in [0.15, 0.2) is 0 Å². The summed E-state index contributed by atoms with van der Waals surface area (Å²) in [5.74, 6) is 2.32. The van der Waals surface area contributed by atoms with E-state index >= 15 is 0 Å². The number of hydrogen-bond acceptors (Lipinski definition) is 3. The first-order chi connectivity index (χ1) is 13.8. The largest absolute Gasteiger partial charge is 0.497 e. The second kappa shape index (κ2) is 8.05.